The minimum Gasteiger partial charge on any atom is -0.356 e. The van der Waals surface area contributed by atoms with Gasteiger partial charge in [0.1, 0.15) is 5.82 Å². The number of para-hydroxylation sites is 1. The quantitative estimate of drug-likeness (QED) is 0.836. The summed E-state index contributed by atoms with van der Waals surface area (Å²) < 4.78 is 13.6. The lowest BCUT2D eigenvalue weighted by molar-refractivity contribution is -0.125. The molecule has 1 aliphatic rings. The lowest BCUT2D eigenvalue weighted by Gasteiger charge is -2.11. The molecular weight excluding hydrogens is 331 g/mol. The molecule has 3 rings (SSSR count). The van der Waals surface area contributed by atoms with Crippen LogP contribution in [0, 0.1) is 31.5 Å². The van der Waals surface area contributed by atoms with Crippen LogP contribution in [0.5, 0.6) is 0 Å². The summed E-state index contributed by atoms with van der Waals surface area (Å²) >= 11 is 0. The molecule has 136 valence electrons. The van der Waals surface area contributed by atoms with Crippen molar-refractivity contribution >= 4 is 17.5 Å². The number of benzene rings is 2. The zero-order valence-electron chi connectivity index (χ0n) is 15.0. The summed E-state index contributed by atoms with van der Waals surface area (Å²) in [5, 5.41) is 5.75. The van der Waals surface area contributed by atoms with Gasteiger partial charge in [0.25, 0.3) is 0 Å². The van der Waals surface area contributed by atoms with E-state index in [1.165, 1.54) is 6.07 Å². The molecule has 2 aromatic carbocycles. The Morgan fingerprint density at radius 3 is 2.35 bits per heavy atom. The van der Waals surface area contributed by atoms with Crippen molar-refractivity contribution in [2.45, 2.75) is 26.7 Å². The van der Waals surface area contributed by atoms with Gasteiger partial charge in [-0.25, -0.2) is 4.39 Å². The SMILES string of the molecule is Cc1cccc(C)c1NC(=O)C1CC1C(=O)NCCc1ccccc1F. The highest BCUT2D eigenvalue weighted by Crippen LogP contribution is 2.40. The van der Waals surface area contributed by atoms with E-state index in [0.717, 1.165) is 16.8 Å². The number of carbonyl (C=O) groups excluding carboxylic acids is 2. The largest absolute Gasteiger partial charge is 0.356 e. The van der Waals surface area contributed by atoms with Crippen LogP contribution >= 0.6 is 0 Å². The molecule has 26 heavy (non-hydrogen) atoms. The number of rotatable bonds is 6. The molecule has 0 heterocycles. The van der Waals surface area contributed by atoms with Crippen LogP contribution in [0.3, 0.4) is 0 Å². The van der Waals surface area contributed by atoms with Crippen LogP contribution in [0.15, 0.2) is 42.5 Å². The van der Waals surface area contributed by atoms with E-state index in [2.05, 4.69) is 10.6 Å². The molecule has 2 atom stereocenters. The van der Waals surface area contributed by atoms with E-state index >= 15 is 0 Å². The van der Waals surface area contributed by atoms with Gasteiger partial charge in [-0.05, 0) is 49.4 Å². The molecule has 1 saturated carbocycles. The van der Waals surface area contributed by atoms with Gasteiger partial charge in [0.15, 0.2) is 0 Å². The fourth-order valence-electron chi connectivity index (χ4n) is 3.15. The highest BCUT2D eigenvalue weighted by Gasteiger charge is 2.48. The Labute approximate surface area is 152 Å². The summed E-state index contributed by atoms with van der Waals surface area (Å²) in [4.78, 5) is 24.6. The number of aryl methyl sites for hydroxylation is 2. The van der Waals surface area contributed by atoms with Crippen molar-refractivity contribution in [1.82, 2.24) is 5.32 Å². The molecule has 0 aromatic heterocycles. The zero-order valence-corrected chi connectivity index (χ0v) is 15.0. The maximum absolute atomic E-state index is 13.6. The number of hydrogen-bond acceptors (Lipinski definition) is 2. The number of hydrogen-bond donors (Lipinski definition) is 2. The topological polar surface area (TPSA) is 58.2 Å². The van der Waals surface area contributed by atoms with Crippen molar-refractivity contribution in [3.05, 3.63) is 65.0 Å². The fourth-order valence-corrected chi connectivity index (χ4v) is 3.15. The molecule has 0 saturated heterocycles. The first kappa shape index (κ1) is 18.1. The molecule has 2 amide bonds. The van der Waals surface area contributed by atoms with Crippen molar-refractivity contribution in [2.75, 3.05) is 11.9 Å². The lowest BCUT2D eigenvalue weighted by Crippen LogP contribution is -2.29. The minimum absolute atomic E-state index is 0.114. The van der Waals surface area contributed by atoms with Gasteiger partial charge < -0.3 is 10.6 Å². The molecule has 2 N–H and O–H groups in total. The lowest BCUT2D eigenvalue weighted by atomic mass is 10.1. The van der Waals surface area contributed by atoms with Gasteiger partial charge in [-0.3, -0.25) is 9.59 Å². The van der Waals surface area contributed by atoms with E-state index in [4.69, 9.17) is 0 Å². The molecule has 1 aliphatic carbocycles. The Hall–Kier alpha value is -2.69. The number of amides is 2. The highest BCUT2D eigenvalue weighted by molar-refractivity contribution is 6.00. The van der Waals surface area contributed by atoms with Gasteiger partial charge in [0.05, 0.1) is 11.8 Å². The first-order valence-electron chi connectivity index (χ1n) is 8.85. The second kappa shape index (κ2) is 7.68. The summed E-state index contributed by atoms with van der Waals surface area (Å²) in [7, 11) is 0. The average Bonchev–Trinajstić information content (AvgIpc) is 3.41. The molecule has 0 radical (unpaired) electrons. The van der Waals surface area contributed by atoms with Crippen molar-refractivity contribution in [3.63, 3.8) is 0 Å². The van der Waals surface area contributed by atoms with E-state index < -0.39 is 0 Å². The van der Waals surface area contributed by atoms with Crippen LogP contribution in [0.1, 0.15) is 23.1 Å². The predicted molar refractivity (Wildman–Crippen MR) is 99.3 cm³/mol. The van der Waals surface area contributed by atoms with Crippen molar-refractivity contribution < 1.29 is 14.0 Å². The maximum Gasteiger partial charge on any atom is 0.228 e. The third-order valence-electron chi connectivity index (χ3n) is 4.84. The van der Waals surface area contributed by atoms with Gasteiger partial charge in [0.2, 0.25) is 11.8 Å². The van der Waals surface area contributed by atoms with Crippen LogP contribution in [0.2, 0.25) is 0 Å². The molecule has 2 aromatic rings. The monoisotopic (exact) mass is 354 g/mol. The van der Waals surface area contributed by atoms with Gasteiger partial charge in [-0.2, -0.15) is 0 Å². The van der Waals surface area contributed by atoms with Gasteiger partial charge in [-0.15, -0.1) is 0 Å². The summed E-state index contributed by atoms with van der Waals surface area (Å²) in [5.41, 5.74) is 3.41. The molecular formula is C21H23FN2O2. The number of nitrogens with one attached hydrogen (secondary N) is 2. The third-order valence-corrected chi connectivity index (χ3v) is 4.84. The van der Waals surface area contributed by atoms with Crippen LogP contribution < -0.4 is 10.6 Å². The summed E-state index contributed by atoms with van der Waals surface area (Å²) in [6.45, 7) is 4.26. The highest BCUT2D eigenvalue weighted by atomic mass is 19.1. The molecule has 0 bridgehead atoms. The number of halogens is 1. The summed E-state index contributed by atoms with van der Waals surface area (Å²) in [5.74, 6) is -1.10. The van der Waals surface area contributed by atoms with Crippen LogP contribution in [0.4, 0.5) is 10.1 Å². The Morgan fingerprint density at radius 2 is 1.65 bits per heavy atom. The molecule has 5 heteroatoms. The maximum atomic E-state index is 13.6. The second-order valence-electron chi connectivity index (χ2n) is 6.84. The van der Waals surface area contributed by atoms with Gasteiger partial charge in [0, 0.05) is 12.2 Å². The fraction of sp³-hybridized carbons (Fsp3) is 0.333. The first-order valence-corrected chi connectivity index (χ1v) is 8.85. The van der Waals surface area contributed by atoms with Crippen molar-refractivity contribution in [3.8, 4) is 0 Å². The summed E-state index contributed by atoms with van der Waals surface area (Å²) in [6, 6.07) is 12.4. The van der Waals surface area contributed by atoms with E-state index in [-0.39, 0.29) is 29.5 Å². The first-order chi connectivity index (χ1) is 12.5. The Kier molecular flexibility index (Phi) is 5.35. The second-order valence-corrected chi connectivity index (χ2v) is 6.84. The average molecular weight is 354 g/mol. The number of carbonyl (C=O) groups is 2. The Morgan fingerprint density at radius 1 is 1.00 bits per heavy atom. The van der Waals surface area contributed by atoms with Gasteiger partial charge >= 0.3 is 0 Å². The van der Waals surface area contributed by atoms with E-state index in [1.807, 2.05) is 32.0 Å². The molecule has 2 unspecified atom stereocenters. The van der Waals surface area contributed by atoms with E-state index in [0.29, 0.717) is 24.9 Å². The van der Waals surface area contributed by atoms with Crippen molar-refractivity contribution in [2.24, 2.45) is 11.8 Å². The van der Waals surface area contributed by atoms with Crippen LogP contribution in [0.25, 0.3) is 0 Å². The van der Waals surface area contributed by atoms with Gasteiger partial charge in [-0.1, -0.05) is 36.4 Å². The smallest absolute Gasteiger partial charge is 0.228 e. The standard InChI is InChI=1S/C21H23FN2O2/c1-13-6-5-7-14(2)19(13)24-21(26)17-12-16(17)20(25)23-11-10-15-8-3-4-9-18(15)22/h3-9,16-17H,10-12H2,1-2H3,(H,23,25)(H,24,26). The predicted octanol–water partition coefficient (Wildman–Crippen LogP) is 3.38. The van der Waals surface area contributed by atoms with E-state index in [9.17, 15) is 14.0 Å². The van der Waals surface area contributed by atoms with Crippen LogP contribution in [-0.4, -0.2) is 18.4 Å². The van der Waals surface area contributed by atoms with Crippen molar-refractivity contribution in [1.29, 1.82) is 0 Å². The zero-order chi connectivity index (χ0) is 18.7. The van der Waals surface area contributed by atoms with E-state index in [1.54, 1.807) is 18.2 Å². The normalized spacial score (nSPS) is 18.3. The molecule has 0 spiro atoms. The summed E-state index contributed by atoms with van der Waals surface area (Å²) in [6.07, 6.45) is 0.993. The van der Waals surface area contributed by atoms with Crippen LogP contribution in [-0.2, 0) is 16.0 Å². The minimum atomic E-state index is -0.292. The Bertz CT molecular complexity index is 814. The number of anilines is 1. The Balaban J connectivity index is 1.48. The molecule has 0 aliphatic heterocycles. The molecule has 4 nitrogen and oxygen atoms in total. The third kappa shape index (κ3) is 4.10. The molecule has 1 fully saturated rings.